The van der Waals surface area contributed by atoms with Crippen LogP contribution in [-0.2, 0) is 0 Å². The molecule has 11 heavy (non-hydrogen) atoms. The van der Waals surface area contributed by atoms with Crippen molar-refractivity contribution in [1.82, 2.24) is 10.2 Å². The Labute approximate surface area is 68.3 Å². The molecule has 0 aliphatic carbocycles. The first-order valence-electron chi connectivity index (χ1n) is 4.47. The van der Waals surface area contributed by atoms with Crippen molar-refractivity contribution in [2.75, 3.05) is 13.1 Å². The molecule has 1 saturated heterocycles. The highest BCUT2D eigenvalue weighted by atomic mass is 15.2. The van der Waals surface area contributed by atoms with Crippen LogP contribution in [0.3, 0.4) is 0 Å². The minimum Gasteiger partial charge on any atom is -0.385 e. The molecule has 1 fully saturated rings. The van der Waals surface area contributed by atoms with Crippen LogP contribution in [0.25, 0.3) is 0 Å². The summed E-state index contributed by atoms with van der Waals surface area (Å²) in [5, 5.41) is 3.44. The zero-order valence-electron chi connectivity index (χ0n) is 7.35. The molecule has 1 unspecified atom stereocenters. The summed E-state index contributed by atoms with van der Waals surface area (Å²) in [5.41, 5.74) is 2.82. The van der Waals surface area contributed by atoms with E-state index in [-0.39, 0.29) is 0 Å². The molecular formula is C9H16N2. The average Bonchev–Trinajstić information content (AvgIpc) is 2.45. The van der Waals surface area contributed by atoms with Crippen LogP contribution in [0.4, 0.5) is 0 Å². The third kappa shape index (κ3) is 1.01. The molecule has 0 aromatic rings. The van der Waals surface area contributed by atoms with E-state index in [0.717, 1.165) is 12.6 Å². The summed E-state index contributed by atoms with van der Waals surface area (Å²) in [7, 11) is 0. The van der Waals surface area contributed by atoms with Crippen LogP contribution in [0, 0.1) is 0 Å². The molecule has 0 amide bonds. The highest BCUT2D eigenvalue weighted by molar-refractivity contribution is 5.14. The first kappa shape index (κ1) is 7.01. The van der Waals surface area contributed by atoms with Gasteiger partial charge in [-0.2, -0.15) is 0 Å². The molecular weight excluding hydrogens is 136 g/mol. The van der Waals surface area contributed by atoms with E-state index in [0.29, 0.717) is 0 Å². The van der Waals surface area contributed by atoms with Crippen LogP contribution in [0.2, 0.25) is 0 Å². The first-order valence-corrected chi connectivity index (χ1v) is 4.47. The van der Waals surface area contributed by atoms with Crippen LogP contribution in [0.5, 0.6) is 0 Å². The summed E-state index contributed by atoms with van der Waals surface area (Å²) in [6, 6.07) is 0.790. The van der Waals surface area contributed by atoms with Gasteiger partial charge in [0.25, 0.3) is 0 Å². The van der Waals surface area contributed by atoms with Gasteiger partial charge in [0.1, 0.15) is 0 Å². The van der Waals surface area contributed by atoms with Crippen LogP contribution in [-0.4, -0.2) is 24.0 Å². The number of allylic oxidation sites excluding steroid dienone is 2. The van der Waals surface area contributed by atoms with Crippen molar-refractivity contribution in [2.45, 2.75) is 32.7 Å². The van der Waals surface area contributed by atoms with E-state index < -0.39 is 0 Å². The lowest BCUT2D eigenvalue weighted by atomic mass is 10.1. The zero-order valence-corrected chi connectivity index (χ0v) is 7.35. The minimum atomic E-state index is 0.790. The monoisotopic (exact) mass is 152 g/mol. The maximum atomic E-state index is 3.44. The lowest BCUT2D eigenvalue weighted by molar-refractivity contribution is 0.288. The molecule has 2 heterocycles. The SMILES string of the molecule is CC1=C(C)N2CCCC2CN1. The first-order chi connectivity index (χ1) is 5.29. The van der Waals surface area contributed by atoms with Gasteiger partial charge in [-0.3, -0.25) is 0 Å². The molecule has 2 nitrogen and oxygen atoms in total. The van der Waals surface area contributed by atoms with Crippen molar-refractivity contribution >= 4 is 0 Å². The summed E-state index contributed by atoms with van der Waals surface area (Å²) in [5.74, 6) is 0. The summed E-state index contributed by atoms with van der Waals surface area (Å²) in [4.78, 5) is 2.55. The van der Waals surface area contributed by atoms with E-state index in [1.165, 1.54) is 30.8 Å². The van der Waals surface area contributed by atoms with Gasteiger partial charge in [-0.15, -0.1) is 0 Å². The molecule has 0 bridgehead atoms. The van der Waals surface area contributed by atoms with E-state index in [4.69, 9.17) is 0 Å². The van der Waals surface area contributed by atoms with E-state index in [9.17, 15) is 0 Å². The van der Waals surface area contributed by atoms with Crippen LogP contribution < -0.4 is 5.32 Å². The normalized spacial score (nSPS) is 30.4. The molecule has 2 aliphatic heterocycles. The van der Waals surface area contributed by atoms with Gasteiger partial charge in [0.15, 0.2) is 0 Å². The summed E-state index contributed by atoms with van der Waals surface area (Å²) in [6.07, 6.45) is 2.74. The predicted octanol–water partition coefficient (Wildman–Crippen LogP) is 1.31. The van der Waals surface area contributed by atoms with Crippen LogP contribution in [0.1, 0.15) is 26.7 Å². The molecule has 2 aliphatic rings. The fourth-order valence-electron chi connectivity index (χ4n) is 2.10. The number of hydrogen-bond donors (Lipinski definition) is 1. The third-order valence-corrected chi connectivity index (χ3v) is 2.95. The molecule has 0 saturated carbocycles. The maximum Gasteiger partial charge on any atom is 0.0460 e. The molecule has 2 heteroatoms. The van der Waals surface area contributed by atoms with Gasteiger partial charge in [0.05, 0.1) is 0 Å². The van der Waals surface area contributed by atoms with Crippen LogP contribution >= 0.6 is 0 Å². The fraction of sp³-hybridized carbons (Fsp3) is 0.778. The van der Waals surface area contributed by atoms with Crippen molar-refractivity contribution < 1.29 is 0 Å². The second-order valence-electron chi connectivity index (χ2n) is 3.58. The molecule has 0 aromatic carbocycles. The van der Waals surface area contributed by atoms with Crippen molar-refractivity contribution in [3.8, 4) is 0 Å². The number of fused-ring (bicyclic) bond motifs is 1. The molecule has 1 N–H and O–H groups in total. The second-order valence-corrected chi connectivity index (χ2v) is 3.58. The molecule has 0 spiro atoms. The Kier molecular flexibility index (Phi) is 1.55. The van der Waals surface area contributed by atoms with Gasteiger partial charge < -0.3 is 10.2 Å². The number of nitrogens with one attached hydrogen (secondary N) is 1. The average molecular weight is 152 g/mol. The topological polar surface area (TPSA) is 15.3 Å². The summed E-state index contributed by atoms with van der Waals surface area (Å²) >= 11 is 0. The highest BCUT2D eigenvalue weighted by Crippen LogP contribution is 2.25. The Balaban J connectivity index is 2.23. The third-order valence-electron chi connectivity index (χ3n) is 2.95. The molecule has 0 radical (unpaired) electrons. The molecule has 1 atom stereocenters. The number of hydrogen-bond acceptors (Lipinski definition) is 2. The van der Waals surface area contributed by atoms with Gasteiger partial charge in [-0.1, -0.05) is 0 Å². The molecule has 0 aromatic heterocycles. The standard InChI is InChI=1S/C9H16N2/c1-7-8(2)11-5-3-4-9(11)6-10-7/h9-10H,3-6H2,1-2H3. The Morgan fingerprint density at radius 2 is 2.27 bits per heavy atom. The Bertz CT molecular complexity index is 196. The molecule has 2 rings (SSSR count). The van der Waals surface area contributed by atoms with Crippen molar-refractivity contribution in [2.24, 2.45) is 0 Å². The van der Waals surface area contributed by atoms with Gasteiger partial charge in [0.2, 0.25) is 0 Å². The van der Waals surface area contributed by atoms with Crippen molar-refractivity contribution in [3.63, 3.8) is 0 Å². The quantitative estimate of drug-likeness (QED) is 0.563. The summed E-state index contributed by atoms with van der Waals surface area (Å²) < 4.78 is 0. The van der Waals surface area contributed by atoms with Crippen molar-refractivity contribution in [1.29, 1.82) is 0 Å². The Hall–Kier alpha value is -0.660. The lowest BCUT2D eigenvalue weighted by Gasteiger charge is -2.34. The zero-order chi connectivity index (χ0) is 7.84. The summed E-state index contributed by atoms with van der Waals surface area (Å²) in [6.45, 7) is 6.82. The van der Waals surface area contributed by atoms with E-state index in [2.05, 4.69) is 24.1 Å². The van der Waals surface area contributed by atoms with Gasteiger partial charge >= 0.3 is 0 Å². The number of rotatable bonds is 0. The fourth-order valence-corrected chi connectivity index (χ4v) is 2.10. The maximum absolute atomic E-state index is 3.44. The van der Waals surface area contributed by atoms with Crippen LogP contribution in [0.15, 0.2) is 11.4 Å². The Morgan fingerprint density at radius 3 is 3.09 bits per heavy atom. The number of nitrogens with zero attached hydrogens (tertiary/aromatic N) is 1. The predicted molar refractivity (Wildman–Crippen MR) is 46.1 cm³/mol. The van der Waals surface area contributed by atoms with Gasteiger partial charge in [0, 0.05) is 30.5 Å². The minimum absolute atomic E-state index is 0.790. The van der Waals surface area contributed by atoms with Gasteiger partial charge in [-0.05, 0) is 26.7 Å². The smallest absolute Gasteiger partial charge is 0.0460 e. The van der Waals surface area contributed by atoms with Crippen molar-refractivity contribution in [3.05, 3.63) is 11.4 Å². The molecule has 62 valence electrons. The van der Waals surface area contributed by atoms with Gasteiger partial charge in [-0.25, -0.2) is 0 Å². The van der Waals surface area contributed by atoms with E-state index in [1.54, 1.807) is 0 Å². The van der Waals surface area contributed by atoms with E-state index in [1.807, 2.05) is 0 Å². The largest absolute Gasteiger partial charge is 0.385 e. The Morgan fingerprint density at radius 1 is 1.45 bits per heavy atom. The second kappa shape index (κ2) is 2.43. The lowest BCUT2D eigenvalue weighted by Crippen LogP contribution is -2.42. The highest BCUT2D eigenvalue weighted by Gasteiger charge is 2.28. The van der Waals surface area contributed by atoms with E-state index >= 15 is 0 Å².